The molecule has 0 bridgehead atoms. The number of nitrogens with zero attached hydrogens (tertiary/aromatic N) is 2. The van der Waals surface area contributed by atoms with Crippen LogP contribution in [-0.4, -0.2) is 54.5 Å². The van der Waals surface area contributed by atoms with Crippen LogP contribution >= 0.6 is 0 Å². The van der Waals surface area contributed by atoms with Crippen molar-refractivity contribution in [2.45, 2.75) is 6.92 Å². The summed E-state index contributed by atoms with van der Waals surface area (Å²) in [6.07, 6.45) is 0. The van der Waals surface area contributed by atoms with Crippen LogP contribution in [0.1, 0.15) is 16.1 Å². The number of pyridine rings is 1. The van der Waals surface area contributed by atoms with Crippen molar-refractivity contribution in [2.75, 3.05) is 43.5 Å². The molecule has 1 fully saturated rings. The summed E-state index contributed by atoms with van der Waals surface area (Å²) in [6.45, 7) is 4.99. The van der Waals surface area contributed by atoms with Crippen LogP contribution in [0.5, 0.6) is 0 Å². The summed E-state index contributed by atoms with van der Waals surface area (Å²) in [5.41, 5.74) is 3.18. The average Bonchev–Trinajstić information content (AvgIpc) is 2.75. The summed E-state index contributed by atoms with van der Waals surface area (Å²) in [5.74, 6) is -0.447. The highest BCUT2D eigenvalue weighted by Crippen LogP contribution is 2.23. The summed E-state index contributed by atoms with van der Waals surface area (Å²) in [6, 6.07) is 16.7. The number of benzene rings is 2. The van der Waals surface area contributed by atoms with E-state index in [9.17, 15) is 9.59 Å². The van der Waals surface area contributed by atoms with Gasteiger partial charge in [0.2, 0.25) is 5.91 Å². The summed E-state index contributed by atoms with van der Waals surface area (Å²) in [5, 5.41) is 6.80. The topological polar surface area (TPSA) is 83.6 Å². The molecule has 7 heteroatoms. The Kier molecular flexibility index (Phi) is 6.02. The van der Waals surface area contributed by atoms with Crippen molar-refractivity contribution >= 4 is 34.1 Å². The Morgan fingerprint density at radius 1 is 1.00 bits per heavy atom. The Balaban J connectivity index is 1.48. The molecule has 30 heavy (non-hydrogen) atoms. The lowest BCUT2D eigenvalue weighted by Crippen LogP contribution is -2.41. The molecule has 2 aromatic carbocycles. The highest BCUT2D eigenvalue weighted by Gasteiger charge is 2.16. The third-order valence-corrected chi connectivity index (χ3v) is 5.08. The Hall–Kier alpha value is -3.29. The van der Waals surface area contributed by atoms with Crippen LogP contribution in [0.3, 0.4) is 0 Å². The van der Waals surface area contributed by atoms with E-state index >= 15 is 0 Å². The number of anilines is 2. The summed E-state index contributed by atoms with van der Waals surface area (Å²) >= 11 is 0. The SMILES string of the molecule is Cc1cc(C(=O)Nc2ccccc2NC(=O)CN2CCOCC2)nc2ccccc12. The van der Waals surface area contributed by atoms with Gasteiger partial charge in [0, 0.05) is 18.5 Å². The van der Waals surface area contributed by atoms with Crippen molar-refractivity contribution in [3.05, 3.63) is 65.9 Å². The molecular formula is C23H24N4O3. The van der Waals surface area contributed by atoms with Gasteiger partial charge in [-0.15, -0.1) is 0 Å². The van der Waals surface area contributed by atoms with E-state index in [1.54, 1.807) is 18.2 Å². The zero-order valence-corrected chi connectivity index (χ0v) is 16.9. The second kappa shape index (κ2) is 9.02. The molecule has 1 saturated heterocycles. The lowest BCUT2D eigenvalue weighted by Gasteiger charge is -2.26. The second-order valence-corrected chi connectivity index (χ2v) is 7.28. The minimum Gasteiger partial charge on any atom is -0.379 e. The van der Waals surface area contributed by atoms with E-state index in [0.717, 1.165) is 29.6 Å². The van der Waals surface area contributed by atoms with Crippen LogP contribution < -0.4 is 10.6 Å². The number of hydrogen-bond acceptors (Lipinski definition) is 5. The minimum absolute atomic E-state index is 0.127. The Morgan fingerprint density at radius 3 is 2.43 bits per heavy atom. The molecule has 154 valence electrons. The van der Waals surface area contributed by atoms with Crippen LogP contribution in [0.4, 0.5) is 11.4 Å². The van der Waals surface area contributed by atoms with Gasteiger partial charge in [-0.2, -0.15) is 0 Å². The molecule has 0 radical (unpaired) electrons. The molecule has 0 unspecified atom stereocenters. The third kappa shape index (κ3) is 4.64. The van der Waals surface area contributed by atoms with Crippen LogP contribution in [0.2, 0.25) is 0 Å². The Morgan fingerprint density at radius 2 is 1.67 bits per heavy atom. The molecule has 2 amide bonds. The van der Waals surface area contributed by atoms with E-state index in [2.05, 4.69) is 15.6 Å². The molecule has 1 aromatic heterocycles. The van der Waals surface area contributed by atoms with Gasteiger partial charge in [0.15, 0.2) is 0 Å². The Bertz CT molecular complexity index is 1080. The number of aromatic nitrogens is 1. The van der Waals surface area contributed by atoms with Gasteiger partial charge in [0.05, 0.1) is 36.6 Å². The zero-order valence-electron chi connectivity index (χ0n) is 16.9. The van der Waals surface area contributed by atoms with Crippen molar-refractivity contribution in [3.8, 4) is 0 Å². The van der Waals surface area contributed by atoms with Crippen LogP contribution in [-0.2, 0) is 9.53 Å². The maximum absolute atomic E-state index is 12.9. The van der Waals surface area contributed by atoms with Gasteiger partial charge in [-0.25, -0.2) is 4.98 Å². The molecule has 1 aliphatic heterocycles. The van der Waals surface area contributed by atoms with Gasteiger partial charge >= 0.3 is 0 Å². The number of morpholine rings is 1. The highest BCUT2D eigenvalue weighted by molar-refractivity contribution is 6.07. The van der Waals surface area contributed by atoms with Gasteiger partial charge in [-0.05, 0) is 36.8 Å². The first-order chi connectivity index (χ1) is 14.6. The first-order valence-electron chi connectivity index (χ1n) is 9.97. The molecule has 0 aliphatic carbocycles. The fraction of sp³-hybridized carbons (Fsp3) is 0.261. The van der Waals surface area contributed by atoms with Gasteiger partial charge in [-0.3, -0.25) is 14.5 Å². The number of carbonyl (C=O) groups is 2. The monoisotopic (exact) mass is 404 g/mol. The van der Waals surface area contributed by atoms with E-state index < -0.39 is 0 Å². The zero-order chi connectivity index (χ0) is 20.9. The number of carbonyl (C=O) groups excluding carboxylic acids is 2. The largest absolute Gasteiger partial charge is 0.379 e. The van der Waals surface area contributed by atoms with E-state index in [0.29, 0.717) is 30.3 Å². The Labute approximate surface area is 175 Å². The van der Waals surface area contributed by atoms with Crippen molar-refractivity contribution in [2.24, 2.45) is 0 Å². The maximum atomic E-state index is 12.9. The number of fused-ring (bicyclic) bond motifs is 1. The number of para-hydroxylation sites is 3. The number of ether oxygens (including phenoxy) is 1. The number of aryl methyl sites for hydroxylation is 1. The van der Waals surface area contributed by atoms with Gasteiger partial charge in [-0.1, -0.05) is 30.3 Å². The van der Waals surface area contributed by atoms with Crippen LogP contribution in [0, 0.1) is 6.92 Å². The smallest absolute Gasteiger partial charge is 0.274 e. The van der Waals surface area contributed by atoms with Crippen molar-refractivity contribution in [1.82, 2.24) is 9.88 Å². The number of hydrogen-bond donors (Lipinski definition) is 2. The maximum Gasteiger partial charge on any atom is 0.274 e. The number of amides is 2. The second-order valence-electron chi connectivity index (χ2n) is 7.28. The summed E-state index contributed by atoms with van der Waals surface area (Å²) in [4.78, 5) is 31.8. The average molecular weight is 404 g/mol. The first-order valence-corrected chi connectivity index (χ1v) is 9.97. The minimum atomic E-state index is -0.321. The normalized spacial score (nSPS) is 14.4. The molecule has 3 aromatic rings. The molecule has 7 nitrogen and oxygen atoms in total. The standard InChI is InChI=1S/C23H24N4O3/c1-16-14-21(24-18-7-3-2-6-17(16)18)23(29)26-20-9-5-4-8-19(20)25-22(28)15-27-10-12-30-13-11-27/h2-9,14H,10-13,15H2,1H3,(H,25,28)(H,26,29). The van der Waals surface area contributed by atoms with E-state index in [-0.39, 0.29) is 18.4 Å². The van der Waals surface area contributed by atoms with Crippen molar-refractivity contribution in [1.29, 1.82) is 0 Å². The fourth-order valence-electron chi connectivity index (χ4n) is 3.51. The van der Waals surface area contributed by atoms with Gasteiger partial charge in [0.1, 0.15) is 5.69 Å². The van der Waals surface area contributed by atoms with Gasteiger partial charge in [0.25, 0.3) is 5.91 Å². The molecule has 1 aliphatic rings. The summed E-state index contributed by atoms with van der Waals surface area (Å²) < 4.78 is 5.31. The third-order valence-electron chi connectivity index (χ3n) is 5.08. The molecule has 4 rings (SSSR count). The van der Waals surface area contributed by atoms with E-state index in [4.69, 9.17) is 4.74 Å². The fourth-order valence-corrected chi connectivity index (χ4v) is 3.51. The lowest BCUT2D eigenvalue weighted by atomic mass is 10.1. The van der Waals surface area contributed by atoms with Gasteiger partial charge < -0.3 is 15.4 Å². The lowest BCUT2D eigenvalue weighted by molar-refractivity contribution is -0.118. The molecule has 2 heterocycles. The number of rotatable bonds is 5. The molecule has 2 N–H and O–H groups in total. The van der Waals surface area contributed by atoms with Crippen LogP contribution in [0.25, 0.3) is 10.9 Å². The predicted molar refractivity (Wildman–Crippen MR) is 117 cm³/mol. The highest BCUT2D eigenvalue weighted by atomic mass is 16.5. The van der Waals surface area contributed by atoms with Crippen molar-refractivity contribution in [3.63, 3.8) is 0 Å². The van der Waals surface area contributed by atoms with E-state index in [1.165, 1.54) is 0 Å². The first kappa shape index (κ1) is 20.0. The van der Waals surface area contributed by atoms with Crippen LogP contribution in [0.15, 0.2) is 54.6 Å². The quantitative estimate of drug-likeness (QED) is 0.683. The molecule has 0 saturated carbocycles. The predicted octanol–water partition coefficient (Wildman–Crippen LogP) is 3.07. The number of nitrogens with one attached hydrogen (secondary N) is 2. The van der Waals surface area contributed by atoms with E-state index in [1.807, 2.05) is 48.2 Å². The summed E-state index contributed by atoms with van der Waals surface area (Å²) in [7, 11) is 0. The molecular weight excluding hydrogens is 380 g/mol. The van der Waals surface area contributed by atoms with Crippen molar-refractivity contribution < 1.29 is 14.3 Å². The molecule has 0 spiro atoms. The molecule has 0 atom stereocenters.